The number of hydrogen-bond donors (Lipinski definition) is 1. The van der Waals surface area contributed by atoms with E-state index in [4.69, 9.17) is 32.5 Å². The van der Waals surface area contributed by atoms with Crippen LogP contribution in [-0.2, 0) is 9.31 Å². The minimum atomic E-state index is -0.465. The molecule has 0 atom stereocenters. The van der Waals surface area contributed by atoms with Crippen molar-refractivity contribution in [2.75, 3.05) is 5.75 Å². The summed E-state index contributed by atoms with van der Waals surface area (Å²) < 4.78 is 12.1. The van der Waals surface area contributed by atoms with E-state index in [2.05, 4.69) is 17.6 Å². The third kappa shape index (κ3) is 3.43. The lowest BCUT2D eigenvalue weighted by atomic mass is 9.78. The van der Waals surface area contributed by atoms with Crippen LogP contribution in [-0.4, -0.2) is 29.1 Å². The highest BCUT2D eigenvalue weighted by molar-refractivity contribution is 7.80. The number of rotatable bonds is 3. The quantitative estimate of drug-likeness (QED) is 0.653. The topological polar surface area (TPSA) is 31.4 Å². The fraction of sp³-hybridized carbons (Fsp3) is 0.500. The van der Waals surface area contributed by atoms with Gasteiger partial charge in [0, 0.05) is 23.7 Å². The number of nitrogens with zero attached hydrogens (tertiary/aromatic N) is 1. The first kappa shape index (κ1) is 17.2. The SMILES string of the molecule is CC1(C)OB(C(=Cc2c(Cl)cncc2Cl)CS)OC1(C)C. The Balaban J connectivity index is 2.36. The Bertz CT molecular complexity index is 542. The third-order valence-corrected chi connectivity index (χ3v) is 4.93. The average Bonchev–Trinajstić information content (AvgIpc) is 2.58. The largest absolute Gasteiger partial charge is 0.491 e. The summed E-state index contributed by atoms with van der Waals surface area (Å²) in [4.78, 5) is 3.95. The van der Waals surface area contributed by atoms with E-state index in [0.717, 1.165) is 5.47 Å². The van der Waals surface area contributed by atoms with Gasteiger partial charge in [-0.2, -0.15) is 12.6 Å². The van der Waals surface area contributed by atoms with Crippen LogP contribution in [0, 0.1) is 0 Å². The van der Waals surface area contributed by atoms with Gasteiger partial charge in [0.2, 0.25) is 0 Å². The summed E-state index contributed by atoms with van der Waals surface area (Å²) in [5.41, 5.74) is 0.774. The average molecular weight is 346 g/mol. The molecule has 0 bridgehead atoms. The molecule has 0 saturated carbocycles. The summed E-state index contributed by atoms with van der Waals surface area (Å²) in [7, 11) is -0.465. The highest BCUT2D eigenvalue weighted by atomic mass is 35.5. The van der Waals surface area contributed by atoms with E-state index >= 15 is 0 Å². The Kier molecular flexibility index (Phi) is 5.01. The first-order valence-corrected chi connectivity index (χ1v) is 8.03. The van der Waals surface area contributed by atoms with Gasteiger partial charge in [-0.1, -0.05) is 29.3 Å². The lowest BCUT2D eigenvalue weighted by Gasteiger charge is -2.32. The zero-order valence-corrected chi connectivity index (χ0v) is 14.9. The Morgan fingerprint density at radius 1 is 1.19 bits per heavy atom. The molecule has 114 valence electrons. The monoisotopic (exact) mass is 345 g/mol. The maximum Gasteiger partial charge on any atom is 0.491 e. The van der Waals surface area contributed by atoms with Crippen molar-refractivity contribution >= 4 is 49.0 Å². The Hall–Kier alpha value is -0.195. The molecule has 1 aliphatic rings. The van der Waals surface area contributed by atoms with Gasteiger partial charge >= 0.3 is 7.12 Å². The van der Waals surface area contributed by atoms with E-state index in [0.29, 0.717) is 21.4 Å². The van der Waals surface area contributed by atoms with Gasteiger partial charge in [-0.25, -0.2) is 0 Å². The molecule has 2 heterocycles. The molecule has 0 spiro atoms. The zero-order valence-electron chi connectivity index (χ0n) is 12.5. The predicted molar refractivity (Wildman–Crippen MR) is 92.2 cm³/mol. The standard InChI is InChI=1S/C14H18BCl2NO2S/c1-13(2)14(3,4)20-15(19-13)9(8-21)5-10-11(16)6-18-7-12(10)17/h5-7,21H,8H2,1-4H3. The molecule has 0 unspecified atom stereocenters. The van der Waals surface area contributed by atoms with Crippen LogP contribution < -0.4 is 0 Å². The van der Waals surface area contributed by atoms with Gasteiger partial charge in [0.1, 0.15) is 0 Å². The highest BCUT2D eigenvalue weighted by Crippen LogP contribution is 2.39. The molecule has 3 nitrogen and oxygen atoms in total. The lowest BCUT2D eigenvalue weighted by molar-refractivity contribution is 0.00578. The summed E-state index contributed by atoms with van der Waals surface area (Å²) in [6.07, 6.45) is 4.97. The molecule has 1 saturated heterocycles. The van der Waals surface area contributed by atoms with Crippen LogP contribution >= 0.6 is 35.8 Å². The summed E-state index contributed by atoms with van der Waals surface area (Å²) in [6, 6.07) is 0. The molecule has 7 heteroatoms. The fourth-order valence-corrected chi connectivity index (χ4v) is 2.64. The van der Waals surface area contributed by atoms with Crippen molar-refractivity contribution in [2.45, 2.75) is 38.9 Å². The van der Waals surface area contributed by atoms with E-state index in [9.17, 15) is 0 Å². The first-order valence-electron chi connectivity index (χ1n) is 6.64. The van der Waals surface area contributed by atoms with Gasteiger partial charge in [0.15, 0.2) is 0 Å². The molecule has 0 aromatic carbocycles. The summed E-state index contributed by atoms with van der Waals surface area (Å²) in [6.45, 7) is 8.04. The Morgan fingerprint density at radius 3 is 2.10 bits per heavy atom. The van der Waals surface area contributed by atoms with Crippen molar-refractivity contribution in [2.24, 2.45) is 0 Å². The third-order valence-electron chi connectivity index (χ3n) is 3.96. The second-order valence-electron chi connectivity index (χ2n) is 5.98. The molecular formula is C14H18BCl2NO2S. The van der Waals surface area contributed by atoms with Crippen molar-refractivity contribution in [1.29, 1.82) is 0 Å². The molecular weight excluding hydrogens is 328 g/mol. The molecule has 2 rings (SSSR count). The Morgan fingerprint density at radius 2 is 1.67 bits per heavy atom. The van der Waals surface area contributed by atoms with Crippen LogP contribution in [0.3, 0.4) is 0 Å². The molecule has 0 aliphatic carbocycles. The molecule has 1 aromatic heterocycles. The van der Waals surface area contributed by atoms with Crippen LogP contribution in [0.2, 0.25) is 10.0 Å². The Labute approximate surface area is 141 Å². The van der Waals surface area contributed by atoms with Crippen molar-refractivity contribution < 1.29 is 9.31 Å². The van der Waals surface area contributed by atoms with Crippen LogP contribution in [0.5, 0.6) is 0 Å². The van der Waals surface area contributed by atoms with Crippen LogP contribution in [0.4, 0.5) is 0 Å². The highest BCUT2D eigenvalue weighted by Gasteiger charge is 2.52. The molecule has 0 amide bonds. The second-order valence-corrected chi connectivity index (χ2v) is 7.11. The van der Waals surface area contributed by atoms with Crippen LogP contribution in [0.15, 0.2) is 17.9 Å². The normalized spacial score (nSPS) is 20.9. The van der Waals surface area contributed by atoms with Crippen molar-refractivity contribution in [3.63, 3.8) is 0 Å². The second kappa shape index (κ2) is 6.13. The van der Waals surface area contributed by atoms with E-state index in [1.165, 1.54) is 0 Å². The number of thiol groups is 1. The van der Waals surface area contributed by atoms with E-state index in [1.807, 2.05) is 33.8 Å². The molecule has 0 N–H and O–H groups in total. The minimum absolute atomic E-state index is 0.397. The van der Waals surface area contributed by atoms with Gasteiger partial charge in [0.05, 0.1) is 21.2 Å². The predicted octanol–water partition coefficient (Wildman–Crippen LogP) is 4.33. The maximum atomic E-state index is 6.15. The van der Waals surface area contributed by atoms with Crippen molar-refractivity contribution in [3.05, 3.63) is 33.5 Å². The fourth-order valence-electron chi connectivity index (χ4n) is 1.93. The number of hydrogen-bond acceptors (Lipinski definition) is 4. The molecule has 1 aliphatic heterocycles. The summed E-state index contributed by atoms with van der Waals surface area (Å²) in [5, 5.41) is 0.969. The van der Waals surface area contributed by atoms with Crippen LogP contribution in [0.1, 0.15) is 33.3 Å². The smallest absolute Gasteiger partial charge is 0.400 e. The maximum absolute atomic E-state index is 6.15. The zero-order chi connectivity index (χ0) is 15.8. The number of halogens is 2. The van der Waals surface area contributed by atoms with E-state index in [-0.39, 0.29) is 0 Å². The van der Waals surface area contributed by atoms with Crippen molar-refractivity contribution in [1.82, 2.24) is 4.98 Å². The van der Waals surface area contributed by atoms with Crippen LogP contribution in [0.25, 0.3) is 6.08 Å². The summed E-state index contributed by atoms with van der Waals surface area (Å²) >= 11 is 16.7. The molecule has 21 heavy (non-hydrogen) atoms. The van der Waals surface area contributed by atoms with Gasteiger partial charge in [-0.3, -0.25) is 4.98 Å². The number of aromatic nitrogens is 1. The van der Waals surface area contributed by atoms with Crippen molar-refractivity contribution in [3.8, 4) is 0 Å². The number of pyridine rings is 1. The summed E-state index contributed by atoms with van der Waals surface area (Å²) in [5.74, 6) is 0.478. The van der Waals surface area contributed by atoms with E-state index < -0.39 is 18.3 Å². The first-order chi connectivity index (χ1) is 9.68. The van der Waals surface area contributed by atoms with Gasteiger partial charge in [0.25, 0.3) is 0 Å². The van der Waals surface area contributed by atoms with Gasteiger partial charge < -0.3 is 9.31 Å². The molecule has 1 aromatic rings. The molecule has 0 radical (unpaired) electrons. The van der Waals surface area contributed by atoms with E-state index in [1.54, 1.807) is 12.4 Å². The van der Waals surface area contributed by atoms with Gasteiger partial charge in [-0.15, -0.1) is 0 Å². The lowest BCUT2D eigenvalue weighted by Crippen LogP contribution is -2.41. The van der Waals surface area contributed by atoms with Gasteiger partial charge in [-0.05, 0) is 33.2 Å². The minimum Gasteiger partial charge on any atom is -0.400 e. The molecule has 1 fully saturated rings.